The molecule has 0 aliphatic heterocycles. The van der Waals surface area contributed by atoms with Crippen molar-refractivity contribution in [2.45, 2.75) is 57.2 Å². The van der Waals surface area contributed by atoms with Crippen molar-refractivity contribution in [1.82, 2.24) is 10.6 Å². The van der Waals surface area contributed by atoms with Crippen molar-refractivity contribution < 1.29 is 14.7 Å². The van der Waals surface area contributed by atoms with E-state index in [0.717, 1.165) is 37.7 Å². The first kappa shape index (κ1) is 16.0. The number of hydrogen-bond acceptors (Lipinski definition) is 3. The van der Waals surface area contributed by atoms with Gasteiger partial charge in [0.2, 0.25) is 11.8 Å². The molecule has 3 rings (SSSR count). The van der Waals surface area contributed by atoms with E-state index in [0.29, 0.717) is 0 Å². The Morgan fingerprint density at radius 1 is 1.22 bits per heavy atom. The third kappa shape index (κ3) is 3.72. The van der Waals surface area contributed by atoms with Crippen LogP contribution in [0.3, 0.4) is 0 Å². The van der Waals surface area contributed by atoms with Crippen molar-refractivity contribution in [3.8, 4) is 0 Å². The number of benzene rings is 1. The first-order valence-electron chi connectivity index (χ1n) is 8.43. The summed E-state index contributed by atoms with van der Waals surface area (Å²) in [7, 11) is 0. The molecular formula is C18H24N2O3. The molecule has 3 N–H and O–H groups in total. The lowest BCUT2D eigenvalue weighted by atomic mass is 9.87. The van der Waals surface area contributed by atoms with Gasteiger partial charge in [-0.3, -0.25) is 9.59 Å². The van der Waals surface area contributed by atoms with Gasteiger partial charge in [0.25, 0.3) is 0 Å². The largest absolute Gasteiger partial charge is 0.391 e. The van der Waals surface area contributed by atoms with Gasteiger partial charge in [-0.2, -0.15) is 0 Å². The molecule has 0 aromatic heterocycles. The molecular weight excluding hydrogens is 292 g/mol. The highest BCUT2D eigenvalue weighted by Crippen LogP contribution is 2.30. The lowest BCUT2D eigenvalue weighted by Crippen LogP contribution is -2.53. The Kier molecular flexibility index (Phi) is 4.66. The maximum absolute atomic E-state index is 12.6. The number of hydrogen-bond donors (Lipinski definition) is 3. The number of amides is 2. The summed E-state index contributed by atoms with van der Waals surface area (Å²) in [6.07, 6.45) is 3.76. The number of carbonyl (C=O) groups excluding carboxylic acids is 2. The molecule has 5 heteroatoms. The predicted octanol–water partition coefficient (Wildman–Crippen LogP) is 1.46. The van der Waals surface area contributed by atoms with Crippen LogP contribution < -0.4 is 10.6 Å². The summed E-state index contributed by atoms with van der Waals surface area (Å²) in [6, 6.07) is 7.18. The summed E-state index contributed by atoms with van der Waals surface area (Å²) in [5.74, 6) is -0.426. The van der Waals surface area contributed by atoms with Gasteiger partial charge < -0.3 is 15.7 Å². The van der Waals surface area contributed by atoms with Gasteiger partial charge in [0.05, 0.1) is 12.1 Å². The van der Waals surface area contributed by atoms with Crippen molar-refractivity contribution >= 4 is 11.8 Å². The molecule has 3 atom stereocenters. The van der Waals surface area contributed by atoms with Crippen LogP contribution in [0.1, 0.15) is 49.8 Å². The zero-order valence-corrected chi connectivity index (χ0v) is 13.4. The van der Waals surface area contributed by atoms with Crippen molar-refractivity contribution in [2.75, 3.05) is 0 Å². The SMILES string of the molecule is CC(O)C(NC(=O)C1CC1)C(=O)NC1CCCc2ccccc21. The van der Waals surface area contributed by atoms with Crippen molar-refractivity contribution in [3.05, 3.63) is 35.4 Å². The van der Waals surface area contributed by atoms with E-state index in [-0.39, 0.29) is 23.8 Å². The smallest absolute Gasteiger partial charge is 0.245 e. The maximum Gasteiger partial charge on any atom is 0.245 e. The Balaban J connectivity index is 1.68. The minimum atomic E-state index is -0.920. The predicted molar refractivity (Wildman–Crippen MR) is 86.6 cm³/mol. The summed E-state index contributed by atoms with van der Waals surface area (Å²) < 4.78 is 0. The second-order valence-electron chi connectivity index (χ2n) is 6.65. The van der Waals surface area contributed by atoms with E-state index in [1.54, 1.807) is 0 Å². The van der Waals surface area contributed by atoms with Gasteiger partial charge in [-0.05, 0) is 50.2 Å². The summed E-state index contributed by atoms with van der Waals surface area (Å²) >= 11 is 0. The molecule has 0 heterocycles. The maximum atomic E-state index is 12.6. The molecule has 2 amide bonds. The van der Waals surface area contributed by atoms with E-state index in [9.17, 15) is 14.7 Å². The van der Waals surface area contributed by atoms with Gasteiger partial charge in [0.1, 0.15) is 6.04 Å². The fourth-order valence-corrected chi connectivity index (χ4v) is 3.19. The summed E-state index contributed by atoms with van der Waals surface area (Å²) in [6.45, 7) is 1.53. The molecule has 0 saturated heterocycles. The Hall–Kier alpha value is -1.88. The van der Waals surface area contributed by atoms with Crippen LogP contribution in [0.15, 0.2) is 24.3 Å². The van der Waals surface area contributed by atoms with Crippen LogP contribution in [0.5, 0.6) is 0 Å². The first-order valence-corrected chi connectivity index (χ1v) is 8.43. The number of fused-ring (bicyclic) bond motifs is 1. The van der Waals surface area contributed by atoms with Gasteiger partial charge in [0.15, 0.2) is 0 Å². The van der Waals surface area contributed by atoms with Crippen LogP contribution in [0.2, 0.25) is 0 Å². The molecule has 1 aromatic rings. The zero-order valence-electron chi connectivity index (χ0n) is 13.4. The standard InChI is InChI=1S/C18H24N2O3/c1-11(21)16(20-17(22)13-9-10-13)18(23)19-15-8-4-6-12-5-2-3-7-14(12)15/h2-3,5,7,11,13,15-16,21H,4,6,8-10H2,1H3,(H,19,23)(H,20,22). The van der Waals surface area contributed by atoms with E-state index < -0.39 is 12.1 Å². The lowest BCUT2D eigenvalue weighted by molar-refractivity contribution is -0.132. The number of carbonyl (C=O) groups is 2. The summed E-state index contributed by atoms with van der Waals surface area (Å²) in [5.41, 5.74) is 2.41. The van der Waals surface area contributed by atoms with Crippen LogP contribution >= 0.6 is 0 Å². The fraction of sp³-hybridized carbons (Fsp3) is 0.556. The second-order valence-corrected chi connectivity index (χ2v) is 6.65. The number of aryl methyl sites for hydroxylation is 1. The van der Waals surface area contributed by atoms with Crippen molar-refractivity contribution in [3.63, 3.8) is 0 Å². The van der Waals surface area contributed by atoms with Crippen molar-refractivity contribution in [2.24, 2.45) is 5.92 Å². The molecule has 1 fully saturated rings. The minimum absolute atomic E-state index is 0.0134. The average Bonchev–Trinajstić information content (AvgIpc) is 3.37. The third-order valence-corrected chi connectivity index (χ3v) is 4.70. The van der Waals surface area contributed by atoms with Crippen LogP contribution in [-0.4, -0.2) is 29.1 Å². The van der Waals surface area contributed by atoms with Crippen LogP contribution in [-0.2, 0) is 16.0 Å². The first-order chi connectivity index (χ1) is 11.1. The number of nitrogens with one attached hydrogen (secondary N) is 2. The third-order valence-electron chi connectivity index (χ3n) is 4.70. The lowest BCUT2D eigenvalue weighted by Gasteiger charge is -2.29. The minimum Gasteiger partial charge on any atom is -0.391 e. The molecule has 0 spiro atoms. The Morgan fingerprint density at radius 3 is 2.65 bits per heavy atom. The molecule has 1 aromatic carbocycles. The second kappa shape index (κ2) is 6.71. The van der Waals surface area contributed by atoms with Gasteiger partial charge in [-0.15, -0.1) is 0 Å². The van der Waals surface area contributed by atoms with Crippen LogP contribution in [0.4, 0.5) is 0 Å². The molecule has 1 saturated carbocycles. The molecule has 0 bridgehead atoms. The molecule has 0 radical (unpaired) electrons. The van der Waals surface area contributed by atoms with E-state index in [2.05, 4.69) is 16.7 Å². The molecule has 3 unspecified atom stereocenters. The highest BCUT2D eigenvalue weighted by atomic mass is 16.3. The average molecular weight is 316 g/mol. The monoisotopic (exact) mass is 316 g/mol. The highest BCUT2D eigenvalue weighted by molar-refractivity contribution is 5.90. The topological polar surface area (TPSA) is 78.4 Å². The number of rotatable bonds is 5. The van der Waals surface area contributed by atoms with E-state index >= 15 is 0 Å². The molecule has 23 heavy (non-hydrogen) atoms. The molecule has 2 aliphatic carbocycles. The summed E-state index contributed by atoms with van der Waals surface area (Å²) in [4.78, 5) is 24.5. The van der Waals surface area contributed by atoms with Crippen molar-refractivity contribution in [1.29, 1.82) is 0 Å². The van der Waals surface area contributed by atoms with Gasteiger partial charge in [-0.25, -0.2) is 0 Å². The van der Waals surface area contributed by atoms with E-state index in [1.165, 1.54) is 12.5 Å². The molecule has 124 valence electrons. The Morgan fingerprint density at radius 2 is 1.96 bits per heavy atom. The molecule has 2 aliphatic rings. The van der Waals surface area contributed by atoms with Gasteiger partial charge in [0, 0.05) is 5.92 Å². The van der Waals surface area contributed by atoms with Crippen LogP contribution in [0, 0.1) is 5.92 Å². The van der Waals surface area contributed by atoms with Crippen LogP contribution in [0.25, 0.3) is 0 Å². The zero-order chi connectivity index (χ0) is 16.4. The Labute approximate surface area is 136 Å². The fourth-order valence-electron chi connectivity index (χ4n) is 3.19. The quantitative estimate of drug-likeness (QED) is 0.769. The van der Waals surface area contributed by atoms with E-state index in [4.69, 9.17) is 0 Å². The number of aliphatic hydroxyl groups is 1. The number of aliphatic hydroxyl groups excluding tert-OH is 1. The van der Waals surface area contributed by atoms with Gasteiger partial charge >= 0.3 is 0 Å². The molecule has 5 nitrogen and oxygen atoms in total. The van der Waals surface area contributed by atoms with Gasteiger partial charge in [-0.1, -0.05) is 24.3 Å². The summed E-state index contributed by atoms with van der Waals surface area (Å²) in [5, 5.41) is 15.6. The van der Waals surface area contributed by atoms with E-state index in [1.807, 2.05) is 18.2 Å². The Bertz CT molecular complexity index is 596. The highest BCUT2D eigenvalue weighted by Gasteiger charge is 2.35. The normalized spacial score (nSPS) is 22.6.